The number of alkyl halides is 2. The number of nitrogens with zero attached hydrogens (tertiary/aromatic N) is 6. The standard InChI is InChI=1S/C17H17F2N5O.C6H12N2O.C4H8/c1-11-20-14(23-6-8-25-9-7-23)10-15(21-11)24-13-5-3-2-4-12(13)22-17(24)16(18)19;7-5-6(9)8-3-1-2-4-8;1-3-4-2/h2-5,10,16H,6-9H2,1H3;1-5,7H2;3H,1,4H2,2H3. The summed E-state index contributed by atoms with van der Waals surface area (Å²) in [6.45, 7) is 12.0. The van der Waals surface area contributed by atoms with Crippen molar-refractivity contribution >= 4 is 22.8 Å². The quantitative estimate of drug-likeness (QED) is 0.498. The zero-order valence-electron chi connectivity index (χ0n) is 22.2. The van der Waals surface area contributed by atoms with Crippen LogP contribution in [0, 0.1) is 6.92 Å². The van der Waals surface area contributed by atoms with Gasteiger partial charge in [0.25, 0.3) is 6.43 Å². The van der Waals surface area contributed by atoms with E-state index in [0.717, 1.165) is 32.4 Å². The summed E-state index contributed by atoms with van der Waals surface area (Å²) in [5.41, 5.74) is 6.28. The summed E-state index contributed by atoms with van der Waals surface area (Å²) in [4.78, 5) is 27.6. The number of rotatable bonds is 5. The van der Waals surface area contributed by atoms with Gasteiger partial charge in [-0.25, -0.2) is 23.7 Å². The average Bonchev–Trinajstić information content (AvgIpc) is 3.62. The van der Waals surface area contributed by atoms with Crippen molar-refractivity contribution in [2.24, 2.45) is 5.73 Å². The minimum Gasteiger partial charge on any atom is -0.378 e. The van der Waals surface area contributed by atoms with Crippen LogP contribution in [0.25, 0.3) is 16.9 Å². The van der Waals surface area contributed by atoms with Gasteiger partial charge in [-0.2, -0.15) is 0 Å². The third-order valence-electron chi connectivity index (χ3n) is 6.08. The van der Waals surface area contributed by atoms with E-state index in [2.05, 4.69) is 33.4 Å². The van der Waals surface area contributed by atoms with Crippen molar-refractivity contribution in [2.45, 2.75) is 39.5 Å². The van der Waals surface area contributed by atoms with Gasteiger partial charge in [0.15, 0.2) is 5.82 Å². The molecule has 2 aliphatic rings. The molecule has 0 aliphatic carbocycles. The second-order valence-corrected chi connectivity index (χ2v) is 8.81. The van der Waals surface area contributed by atoms with E-state index in [0.29, 0.717) is 54.8 Å². The Kier molecular flexibility index (Phi) is 11.1. The molecule has 11 heteroatoms. The Bertz CT molecular complexity index is 1190. The van der Waals surface area contributed by atoms with Crippen molar-refractivity contribution in [3.63, 3.8) is 0 Å². The summed E-state index contributed by atoms with van der Waals surface area (Å²) in [7, 11) is 0. The number of aryl methyl sites for hydroxylation is 1. The Hall–Kier alpha value is -3.44. The number of hydrogen-bond acceptors (Lipinski definition) is 7. The fraction of sp³-hybridized carbons (Fsp3) is 0.481. The minimum atomic E-state index is -2.70. The van der Waals surface area contributed by atoms with Crippen LogP contribution in [0.5, 0.6) is 0 Å². The van der Waals surface area contributed by atoms with Crippen molar-refractivity contribution in [2.75, 3.05) is 50.8 Å². The van der Waals surface area contributed by atoms with Gasteiger partial charge in [-0.3, -0.25) is 9.36 Å². The fourth-order valence-corrected chi connectivity index (χ4v) is 4.13. The summed E-state index contributed by atoms with van der Waals surface area (Å²) in [5.74, 6) is 1.42. The summed E-state index contributed by atoms with van der Waals surface area (Å²) < 4.78 is 33.9. The monoisotopic (exact) mass is 529 g/mol. The lowest BCUT2D eigenvalue weighted by molar-refractivity contribution is -0.128. The number of ether oxygens (including phenoxy) is 1. The first-order chi connectivity index (χ1) is 18.4. The number of anilines is 1. The zero-order chi connectivity index (χ0) is 27.5. The highest BCUT2D eigenvalue weighted by Gasteiger charge is 2.22. The number of hydrogen-bond donors (Lipinski definition) is 1. The number of nitrogens with two attached hydrogens (primary N) is 1. The number of halogens is 2. The van der Waals surface area contributed by atoms with Crippen LogP contribution < -0.4 is 10.6 Å². The Morgan fingerprint density at radius 2 is 1.74 bits per heavy atom. The zero-order valence-corrected chi connectivity index (χ0v) is 22.2. The molecule has 0 atom stereocenters. The highest BCUT2D eigenvalue weighted by atomic mass is 19.3. The highest BCUT2D eigenvalue weighted by molar-refractivity contribution is 5.78. The molecule has 3 aromatic rings. The largest absolute Gasteiger partial charge is 0.378 e. The van der Waals surface area contributed by atoms with Crippen molar-refractivity contribution in [3.05, 3.63) is 54.6 Å². The number of fused-ring (bicyclic) bond motifs is 1. The number of imidazole rings is 1. The lowest BCUT2D eigenvalue weighted by Crippen LogP contribution is -2.37. The smallest absolute Gasteiger partial charge is 0.296 e. The molecule has 9 nitrogen and oxygen atoms in total. The Balaban J connectivity index is 0.000000255. The molecule has 0 saturated carbocycles. The number of para-hydroxylation sites is 2. The number of allylic oxidation sites excluding steroid dienone is 1. The lowest BCUT2D eigenvalue weighted by atomic mass is 10.3. The molecule has 0 unspecified atom stereocenters. The van der Waals surface area contributed by atoms with Gasteiger partial charge in [0.1, 0.15) is 17.5 Å². The van der Waals surface area contributed by atoms with Crippen molar-refractivity contribution < 1.29 is 18.3 Å². The van der Waals surface area contributed by atoms with Crippen LogP contribution in [0.4, 0.5) is 14.6 Å². The van der Waals surface area contributed by atoms with E-state index >= 15 is 0 Å². The third kappa shape index (κ3) is 7.55. The van der Waals surface area contributed by atoms with Crippen molar-refractivity contribution in [1.29, 1.82) is 0 Å². The van der Waals surface area contributed by atoms with Crippen molar-refractivity contribution in [1.82, 2.24) is 24.4 Å². The molecule has 2 N–H and O–H groups in total. The Labute approximate surface area is 222 Å². The maximum Gasteiger partial charge on any atom is 0.296 e. The van der Waals surface area contributed by atoms with Gasteiger partial charge < -0.3 is 20.3 Å². The van der Waals surface area contributed by atoms with Gasteiger partial charge in [0.05, 0.1) is 30.8 Å². The molecule has 0 radical (unpaired) electrons. The summed E-state index contributed by atoms with van der Waals surface area (Å²) in [6, 6.07) is 8.79. The number of morpholine rings is 1. The molecule has 1 amide bonds. The number of carbonyl (C=O) groups is 1. The first-order valence-corrected chi connectivity index (χ1v) is 12.9. The van der Waals surface area contributed by atoms with Gasteiger partial charge in [0.2, 0.25) is 5.91 Å². The molecule has 0 spiro atoms. The van der Waals surface area contributed by atoms with E-state index in [-0.39, 0.29) is 18.3 Å². The van der Waals surface area contributed by atoms with Gasteiger partial charge >= 0.3 is 0 Å². The van der Waals surface area contributed by atoms with Crippen molar-refractivity contribution in [3.8, 4) is 5.82 Å². The van der Waals surface area contributed by atoms with Crippen LogP contribution >= 0.6 is 0 Å². The topological polar surface area (TPSA) is 102 Å². The summed E-state index contributed by atoms with van der Waals surface area (Å²) >= 11 is 0. The summed E-state index contributed by atoms with van der Waals surface area (Å²) in [5, 5.41) is 0. The second kappa shape index (κ2) is 14.5. The van der Waals surface area contributed by atoms with Gasteiger partial charge in [-0.15, -0.1) is 6.58 Å². The van der Waals surface area contributed by atoms with Crippen LogP contribution in [0.3, 0.4) is 0 Å². The van der Waals surface area contributed by atoms with E-state index in [9.17, 15) is 13.6 Å². The molecule has 2 aliphatic heterocycles. The molecule has 38 heavy (non-hydrogen) atoms. The predicted molar refractivity (Wildman–Crippen MR) is 145 cm³/mol. The molecular formula is C27H37F2N7O2. The maximum absolute atomic E-state index is 13.6. The fourth-order valence-electron chi connectivity index (χ4n) is 4.13. The maximum atomic E-state index is 13.6. The molecule has 206 valence electrons. The molecule has 2 aromatic heterocycles. The highest BCUT2D eigenvalue weighted by Crippen LogP contribution is 2.28. The first-order valence-electron chi connectivity index (χ1n) is 12.9. The molecule has 1 aromatic carbocycles. The second-order valence-electron chi connectivity index (χ2n) is 8.81. The molecular weight excluding hydrogens is 492 g/mol. The van der Waals surface area contributed by atoms with Gasteiger partial charge in [0, 0.05) is 32.2 Å². The van der Waals surface area contributed by atoms with Crippen LogP contribution in [-0.2, 0) is 9.53 Å². The first kappa shape index (κ1) is 29.1. The lowest BCUT2D eigenvalue weighted by Gasteiger charge is -2.28. The van der Waals surface area contributed by atoms with E-state index < -0.39 is 6.43 Å². The molecule has 4 heterocycles. The third-order valence-corrected chi connectivity index (χ3v) is 6.08. The predicted octanol–water partition coefficient (Wildman–Crippen LogP) is 4.05. The van der Waals surface area contributed by atoms with Crippen LogP contribution in [-0.4, -0.2) is 76.3 Å². The Morgan fingerprint density at radius 3 is 2.34 bits per heavy atom. The number of amides is 1. The number of benzene rings is 1. The molecule has 0 bridgehead atoms. The van der Waals surface area contributed by atoms with Crippen LogP contribution in [0.15, 0.2) is 43.0 Å². The van der Waals surface area contributed by atoms with E-state index in [4.69, 9.17) is 10.5 Å². The van der Waals surface area contributed by atoms with Crippen LogP contribution in [0.2, 0.25) is 0 Å². The van der Waals surface area contributed by atoms with E-state index in [1.165, 1.54) is 4.57 Å². The summed E-state index contributed by atoms with van der Waals surface area (Å²) in [6.07, 6.45) is 2.55. The minimum absolute atomic E-state index is 0.0903. The molecule has 5 rings (SSSR count). The SMILES string of the molecule is C=CCC.Cc1nc(N2CCOCC2)cc(-n2c(C(F)F)nc3ccccc32)n1.NCC(=O)N1CCCC1. The van der Waals surface area contributed by atoms with E-state index in [1.807, 2.05) is 11.0 Å². The Morgan fingerprint density at radius 1 is 1.11 bits per heavy atom. The average molecular weight is 530 g/mol. The van der Waals surface area contributed by atoms with Crippen LogP contribution in [0.1, 0.15) is 44.3 Å². The van der Waals surface area contributed by atoms with E-state index in [1.54, 1.807) is 37.3 Å². The normalized spacial score (nSPS) is 15.1. The number of aromatic nitrogens is 4. The molecule has 2 saturated heterocycles. The molecule has 2 fully saturated rings. The van der Waals surface area contributed by atoms with Gasteiger partial charge in [-0.05, 0) is 38.3 Å². The number of likely N-dealkylation sites (tertiary alicyclic amines) is 1. The van der Waals surface area contributed by atoms with Gasteiger partial charge in [-0.1, -0.05) is 25.1 Å². The number of carbonyl (C=O) groups excluding carboxylic acids is 1.